The van der Waals surface area contributed by atoms with Crippen molar-refractivity contribution in [1.82, 2.24) is 4.90 Å². The molecule has 0 amide bonds. The number of likely N-dealkylation sites (N-methyl/N-ethyl adjacent to an activating group) is 1. The van der Waals surface area contributed by atoms with E-state index < -0.39 is 6.10 Å². The highest BCUT2D eigenvalue weighted by atomic mass is 16.3. The third-order valence-corrected chi connectivity index (χ3v) is 3.64. The molecule has 1 aromatic carbocycles. The molecule has 1 aromatic rings. The fourth-order valence-electron chi connectivity index (χ4n) is 2.67. The summed E-state index contributed by atoms with van der Waals surface area (Å²) in [6, 6.07) is 4.30. The predicted octanol–water partition coefficient (Wildman–Crippen LogP) is 3.62. The first-order valence-electron chi connectivity index (χ1n) is 7.25. The Kier molecular flexibility index (Phi) is 6.02. The summed E-state index contributed by atoms with van der Waals surface area (Å²) in [4.78, 5) is 2.23. The van der Waals surface area contributed by atoms with E-state index in [-0.39, 0.29) is 0 Å². The molecular weight excluding hydrogens is 234 g/mol. The van der Waals surface area contributed by atoms with Crippen molar-refractivity contribution in [2.24, 2.45) is 5.92 Å². The normalized spacial score (nSPS) is 13.3. The van der Waals surface area contributed by atoms with Crippen LogP contribution < -0.4 is 0 Å². The fourth-order valence-corrected chi connectivity index (χ4v) is 2.67. The van der Waals surface area contributed by atoms with Crippen LogP contribution in [0.15, 0.2) is 12.1 Å². The molecule has 1 unspecified atom stereocenters. The average Bonchev–Trinajstić information content (AvgIpc) is 2.24. The van der Waals surface area contributed by atoms with Gasteiger partial charge in [-0.3, -0.25) is 0 Å². The standard InChI is InChI=1S/C17H29NO/c1-12(2)7-8-18(6)11-16(19)17-14(4)9-13(3)10-15(17)5/h9-10,12,16,19H,7-8,11H2,1-6H3. The van der Waals surface area contributed by atoms with Gasteiger partial charge < -0.3 is 10.0 Å². The maximum Gasteiger partial charge on any atom is 0.0921 e. The first-order chi connectivity index (χ1) is 8.81. The molecule has 0 bridgehead atoms. The largest absolute Gasteiger partial charge is 0.387 e. The minimum Gasteiger partial charge on any atom is -0.387 e. The van der Waals surface area contributed by atoms with E-state index in [0.29, 0.717) is 12.5 Å². The molecular formula is C17H29NO. The Morgan fingerprint density at radius 2 is 1.63 bits per heavy atom. The lowest BCUT2D eigenvalue weighted by molar-refractivity contribution is 0.123. The molecule has 1 N–H and O–H groups in total. The van der Waals surface area contributed by atoms with Gasteiger partial charge in [0, 0.05) is 6.54 Å². The number of benzene rings is 1. The van der Waals surface area contributed by atoms with Gasteiger partial charge in [0.25, 0.3) is 0 Å². The maximum atomic E-state index is 10.5. The van der Waals surface area contributed by atoms with Crippen LogP contribution in [0.1, 0.15) is 48.6 Å². The third-order valence-electron chi connectivity index (χ3n) is 3.64. The number of rotatable bonds is 6. The SMILES string of the molecule is Cc1cc(C)c(C(O)CN(C)CCC(C)C)c(C)c1. The van der Waals surface area contributed by atoms with Crippen molar-refractivity contribution < 1.29 is 5.11 Å². The monoisotopic (exact) mass is 263 g/mol. The molecule has 0 saturated heterocycles. The van der Waals surface area contributed by atoms with E-state index in [1.54, 1.807) is 0 Å². The number of nitrogens with zero attached hydrogens (tertiary/aromatic N) is 1. The van der Waals surface area contributed by atoms with Gasteiger partial charge >= 0.3 is 0 Å². The van der Waals surface area contributed by atoms with Crippen molar-refractivity contribution in [2.45, 2.75) is 47.1 Å². The number of aliphatic hydroxyl groups is 1. The van der Waals surface area contributed by atoms with E-state index in [1.807, 2.05) is 0 Å². The van der Waals surface area contributed by atoms with Crippen molar-refractivity contribution in [1.29, 1.82) is 0 Å². The van der Waals surface area contributed by atoms with Crippen molar-refractivity contribution in [3.63, 3.8) is 0 Å². The van der Waals surface area contributed by atoms with Crippen LogP contribution >= 0.6 is 0 Å². The highest BCUT2D eigenvalue weighted by Gasteiger charge is 2.15. The summed E-state index contributed by atoms with van der Waals surface area (Å²) in [6.45, 7) is 12.5. The van der Waals surface area contributed by atoms with E-state index >= 15 is 0 Å². The van der Waals surface area contributed by atoms with Gasteiger partial charge in [0.1, 0.15) is 0 Å². The van der Waals surface area contributed by atoms with Crippen LogP contribution in [0.4, 0.5) is 0 Å². The molecule has 0 aliphatic rings. The van der Waals surface area contributed by atoms with E-state index in [0.717, 1.165) is 12.1 Å². The molecule has 1 rings (SSSR count). The molecule has 19 heavy (non-hydrogen) atoms. The Bertz CT molecular complexity index is 389. The van der Waals surface area contributed by atoms with Gasteiger partial charge in [-0.15, -0.1) is 0 Å². The molecule has 0 saturated carbocycles. The Balaban J connectivity index is 2.70. The van der Waals surface area contributed by atoms with E-state index in [2.05, 4.69) is 58.7 Å². The average molecular weight is 263 g/mol. The van der Waals surface area contributed by atoms with Gasteiger partial charge in [-0.2, -0.15) is 0 Å². The first kappa shape index (κ1) is 16.2. The molecule has 2 nitrogen and oxygen atoms in total. The maximum absolute atomic E-state index is 10.5. The summed E-state index contributed by atoms with van der Waals surface area (Å²) in [5.74, 6) is 0.711. The molecule has 0 heterocycles. The minimum absolute atomic E-state index is 0.391. The highest BCUT2D eigenvalue weighted by Crippen LogP contribution is 2.24. The van der Waals surface area contributed by atoms with Crippen LogP contribution in [-0.2, 0) is 0 Å². The molecule has 0 aromatic heterocycles. The molecule has 0 fully saturated rings. The Labute approximate surface area is 118 Å². The summed E-state index contributed by atoms with van der Waals surface area (Å²) in [5.41, 5.74) is 4.76. The van der Waals surface area contributed by atoms with Crippen molar-refractivity contribution in [3.05, 3.63) is 34.4 Å². The summed E-state index contributed by atoms with van der Waals surface area (Å²) in [7, 11) is 2.09. The Morgan fingerprint density at radius 3 is 2.11 bits per heavy atom. The van der Waals surface area contributed by atoms with Gasteiger partial charge in [0.05, 0.1) is 6.10 Å². The van der Waals surface area contributed by atoms with Crippen LogP contribution in [0.5, 0.6) is 0 Å². The zero-order valence-electron chi connectivity index (χ0n) is 13.3. The molecule has 0 aliphatic carbocycles. The summed E-state index contributed by atoms with van der Waals surface area (Å²) in [5, 5.41) is 10.5. The number of hydrogen-bond donors (Lipinski definition) is 1. The summed E-state index contributed by atoms with van der Waals surface area (Å²) in [6.07, 6.45) is 0.785. The predicted molar refractivity (Wildman–Crippen MR) is 82.6 cm³/mol. The number of hydrogen-bond acceptors (Lipinski definition) is 2. The third kappa shape index (κ3) is 4.96. The van der Waals surface area contributed by atoms with Gasteiger partial charge in [-0.1, -0.05) is 31.5 Å². The first-order valence-corrected chi connectivity index (χ1v) is 7.25. The van der Waals surface area contributed by atoms with E-state index in [9.17, 15) is 5.11 Å². The van der Waals surface area contributed by atoms with Gasteiger partial charge in [-0.05, 0) is 63.4 Å². The Morgan fingerprint density at radius 1 is 1.11 bits per heavy atom. The molecule has 1 atom stereocenters. The lowest BCUT2D eigenvalue weighted by Crippen LogP contribution is -2.27. The van der Waals surface area contributed by atoms with Gasteiger partial charge in [-0.25, -0.2) is 0 Å². The van der Waals surface area contributed by atoms with Crippen LogP contribution in [-0.4, -0.2) is 30.1 Å². The lowest BCUT2D eigenvalue weighted by atomic mass is 9.95. The Hall–Kier alpha value is -0.860. The van der Waals surface area contributed by atoms with E-state index in [4.69, 9.17) is 0 Å². The summed E-state index contributed by atoms with van der Waals surface area (Å²) < 4.78 is 0. The van der Waals surface area contributed by atoms with Crippen molar-refractivity contribution in [2.75, 3.05) is 20.1 Å². The second kappa shape index (κ2) is 7.06. The van der Waals surface area contributed by atoms with Gasteiger partial charge in [0.15, 0.2) is 0 Å². The molecule has 108 valence electrons. The van der Waals surface area contributed by atoms with Crippen molar-refractivity contribution >= 4 is 0 Å². The molecule has 0 radical (unpaired) electrons. The smallest absolute Gasteiger partial charge is 0.0921 e. The number of aryl methyl sites for hydroxylation is 3. The van der Waals surface area contributed by atoms with Crippen LogP contribution in [0.25, 0.3) is 0 Å². The molecule has 2 heteroatoms. The second-order valence-corrected chi connectivity index (χ2v) is 6.27. The topological polar surface area (TPSA) is 23.5 Å². The molecule has 0 aliphatic heterocycles. The highest BCUT2D eigenvalue weighted by molar-refractivity contribution is 5.39. The molecule has 0 spiro atoms. The van der Waals surface area contributed by atoms with Crippen LogP contribution in [0, 0.1) is 26.7 Å². The minimum atomic E-state index is -0.391. The second-order valence-electron chi connectivity index (χ2n) is 6.27. The zero-order chi connectivity index (χ0) is 14.6. The van der Waals surface area contributed by atoms with Crippen LogP contribution in [0.3, 0.4) is 0 Å². The number of aliphatic hydroxyl groups excluding tert-OH is 1. The fraction of sp³-hybridized carbons (Fsp3) is 0.647. The zero-order valence-corrected chi connectivity index (χ0v) is 13.3. The van der Waals surface area contributed by atoms with Crippen molar-refractivity contribution in [3.8, 4) is 0 Å². The lowest BCUT2D eigenvalue weighted by Gasteiger charge is -2.24. The van der Waals surface area contributed by atoms with Gasteiger partial charge in [0.2, 0.25) is 0 Å². The quantitative estimate of drug-likeness (QED) is 0.847. The van der Waals surface area contributed by atoms with E-state index in [1.165, 1.54) is 23.1 Å². The van der Waals surface area contributed by atoms with Crippen LogP contribution in [0.2, 0.25) is 0 Å². The summed E-state index contributed by atoms with van der Waals surface area (Å²) >= 11 is 0.